The second kappa shape index (κ2) is 6.46. The van der Waals surface area contributed by atoms with Gasteiger partial charge in [0.15, 0.2) is 5.60 Å². The molecule has 1 atom stereocenters. The van der Waals surface area contributed by atoms with E-state index in [0.29, 0.717) is 11.8 Å². The Bertz CT molecular complexity index is 484. The molecule has 3 nitrogen and oxygen atoms in total. The molecule has 1 aliphatic heterocycles. The van der Waals surface area contributed by atoms with Crippen molar-refractivity contribution in [3.05, 3.63) is 30.1 Å². The van der Waals surface area contributed by atoms with Gasteiger partial charge in [0.25, 0.3) is 5.91 Å². The zero-order chi connectivity index (χ0) is 15.5. The molecule has 0 radical (unpaired) electrons. The van der Waals surface area contributed by atoms with Gasteiger partial charge in [-0.15, -0.1) is 0 Å². The van der Waals surface area contributed by atoms with Crippen LogP contribution < -0.4 is 4.74 Å². The molecule has 1 saturated heterocycles. The van der Waals surface area contributed by atoms with Gasteiger partial charge < -0.3 is 9.64 Å². The van der Waals surface area contributed by atoms with Gasteiger partial charge in [0, 0.05) is 12.6 Å². The number of likely N-dealkylation sites (tertiary alicyclic amines) is 1. The van der Waals surface area contributed by atoms with Gasteiger partial charge in [-0.3, -0.25) is 4.79 Å². The number of benzene rings is 1. The molecule has 2 rings (SSSR count). The van der Waals surface area contributed by atoms with Crippen LogP contribution in [0, 0.1) is 5.82 Å². The van der Waals surface area contributed by atoms with E-state index in [0.717, 1.165) is 25.8 Å². The van der Waals surface area contributed by atoms with E-state index in [4.69, 9.17) is 4.74 Å². The van der Waals surface area contributed by atoms with E-state index in [9.17, 15) is 9.18 Å². The molecule has 0 bridgehead atoms. The summed E-state index contributed by atoms with van der Waals surface area (Å²) < 4.78 is 18.7. The Kier molecular flexibility index (Phi) is 4.86. The Morgan fingerprint density at radius 3 is 2.62 bits per heavy atom. The molecule has 116 valence electrons. The highest BCUT2D eigenvalue weighted by atomic mass is 19.1. The fourth-order valence-electron chi connectivity index (χ4n) is 2.88. The van der Waals surface area contributed by atoms with Gasteiger partial charge in [-0.05, 0) is 63.8 Å². The lowest BCUT2D eigenvalue weighted by molar-refractivity contribution is -0.149. The molecule has 4 heteroatoms. The van der Waals surface area contributed by atoms with Crippen LogP contribution in [-0.4, -0.2) is 29.0 Å². The molecule has 0 saturated carbocycles. The Hall–Kier alpha value is -1.58. The topological polar surface area (TPSA) is 29.5 Å². The van der Waals surface area contributed by atoms with Crippen LogP contribution in [0.3, 0.4) is 0 Å². The molecule has 1 amide bonds. The third-order valence-corrected chi connectivity index (χ3v) is 4.06. The van der Waals surface area contributed by atoms with Crippen molar-refractivity contribution in [2.45, 2.75) is 58.1 Å². The number of halogens is 1. The second-order valence-corrected chi connectivity index (χ2v) is 6.12. The first-order valence-corrected chi connectivity index (χ1v) is 7.69. The molecule has 1 unspecified atom stereocenters. The first-order valence-electron chi connectivity index (χ1n) is 7.69. The highest BCUT2D eigenvalue weighted by molar-refractivity contribution is 5.85. The van der Waals surface area contributed by atoms with Crippen LogP contribution in [-0.2, 0) is 4.79 Å². The number of carbonyl (C=O) groups is 1. The van der Waals surface area contributed by atoms with E-state index in [1.165, 1.54) is 18.6 Å². The Morgan fingerprint density at radius 1 is 1.33 bits per heavy atom. The standard InChI is InChI=1S/C17H24FNO2/c1-4-14-7-5-6-12-19(14)16(20)17(2,3)21-15-10-8-13(18)9-11-15/h8-11,14H,4-7,12H2,1-3H3. The molecular formula is C17H24FNO2. The SMILES string of the molecule is CCC1CCCCN1C(=O)C(C)(C)Oc1ccc(F)cc1. The average molecular weight is 293 g/mol. The Morgan fingerprint density at radius 2 is 2.00 bits per heavy atom. The number of carbonyl (C=O) groups excluding carboxylic acids is 1. The van der Waals surface area contributed by atoms with Crippen molar-refractivity contribution in [1.29, 1.82) is 0 Å². The van der Waals surface area contributed by atoms with Crippen LogP contribution in [0.25, 0.3) is 0 Å². The van der Waals surface area contributed by atoms with E-state index < -0.39 is 5.60 Å². The third kappa shape index (κ3) is 3.74. The summed E-state index contributed by atoms with van der Waals surface area (Å²) in [6.45, 7) is 6.47. The number of piperidine rings is 1. The minimum Gasteiger partial charge on any atom is -0.478 e. The summed E-state index contributed by atoms with van der Waals surface area (Å²) in [6.07, 6.45) is 4.27. The summed E-state index contributed by atoms with van der Waals surface area (Å²) in [7, 11) is 0. The Balaban J connectivity index is 2.10. The minimum atomic E-state index is -0.942. The highest BCUT2D eigenvalue weighted by Gasteiger charge is 2.37. The summed E-state index contributed by atoms with van der Waals surface area (Å²) in [5.41, 5.74) is -0.942. The first-order chi connectivity index (χ1) is 9.94. The van der Waals surface area contributed by atoms with E-state index in [2.05, 4.69) is 6.92 Å². The van der Waals surface area contributed by atoms with Crippen molar-refractivity contribution in [2.75, 3.05) is 6.54 Å². The number of hydrogen-bond acceptors (Lipinski definition) is 2. The second-order valence-electron chi connectivity index (χ2n) is 6.12. The van der Waals surface area contributed by atoms with Crippen LogP contribution in [0.5, 0.6) is 5.75 Å². The van der Waals surface area contributed by atoms with Crippen molar-refractivity contribution in [3.8, 4) is 5.75 Å². The monoisotopic (exact) mass is 293 g/mol. The third-order valence-electron chi connectivity index (χ3n) is 4.06. The maximum Gasteiger partial charge on any atom is 0.266 e. The van der Waals surface area contributed by atoms with Crippen molar-refractivity contribution in [3.63, 3.8) is 0 Å². The predicted octanol–water partition coefficient (Wildman–Crippen LogP) is 3.77. The lowest BCUT2D eigenvalue weighted by atomic mass is 9.97. The van der Waals surface area contributed by atoms with Crippen molar-refractivity contribution in [2.24, 2.45) is 0 Å². The summed E-state index contributed by atoms with van der Waals surface area (Å²) in [5, 5.41) is 0. The highest BCUT2D eigenvalue weighted by Crippen LogP contribution is 2.26. The van der Waals surface area contributed by atoms with Crippen LogP contribution in [0.15, 0.2) is 24.3 Å². The molecule has 1 heterocycles. The molecule has 0 aliphatic carbocycles. The van der Waals surface area contributed by atoms with Crippen LogP contribution >= 0.6 is 0 Å². The Labute approximate surface area is 126 Å². The number of nitrogens with zero attached hydrogens (tertiary/aromatic N) is 1. The van der Waals surface area contributed by atoms with Crippen molar-refractivity contribution < 1.29 is 13.9 Å². The van der Waals surface area contributed by atoms with Crippen molar-refractivity contribution >= 4 is 5.91 Å². The number of rotatable bonds is 4. The molecule has 0 N–H and O–H groups in total. The molecule has 1 fully saturated rings. The number of hydrogen-bond donors (Lipinski definition) is 0. The fraction of sp³-hybridized carbons (Fsp3) is 0.588. The molecule has 21 heavy (non-hydrogen) atoms. The van der Waals surface area contributed by atoms with Gasteiger partial charge in [0.1, 0.15) is 11.6 Å². The van der Waals surface area contributed by atoms with Crippen LogP contribution in [0.2, 0.25) is 0 Å². The van der Waals surface area contributed by atoms with Gasteiger partial charge in [-0.25, -0.2) is 4.39 Å². The molecule has 0 aromatic heterocycles. The molecule has 0 spiro atoms. The first kappa shape index (κ1) is 15.8. The summed E-state index contributed by atoms with van der Waals surface area (Å²) >= 11 is 0. The molecule has 1 aliphatic rings. The average Bonchev–Trinajstić information content (AvgIpc) is 2.48. The molecule has 1 aromatic carbocycles. The summed E-state index contributed by atoms with van der Waals surface area (Å²) in [6, 6.07) is 6.09. The van der Waals surface area contributed by atoms with Gasteiger partial charge in [-0.1, -0.05) is 6.92 Å². The lowest BCUT2D eigenvalue weighted by Crippen LogP contribution is -2.54. The summed E-state index contributed by atoms with van der Waals surface area (Å²) in [5.74, 6) is 0.215. The van der Waals surface area contributed by atoms with E-state index in [-0.39, 0.29) is 11.7 Å². The molecule has 1 aromatic rings. The van der Waals surface area contributed by atoms with E-state index in [1.807, 2.05) is 4.90 Å². The molecular weight excluding hydrogens is 269 g/mol. The number of amides is 1. The maximum atomic E-state index is 12.9. The van der Waals surface area contributed by atoms with Gasteiger partial charge in [0.2, 0.25) is 0 Å². The van der Waals surface area contributed by atoms with Crippen LogP contribution in [0.1, 0.15) is 46.5 Å². The fourth-order valence-corrected chi connectivity index (χ4v) is 2.88. The quantitative estimate of drug-likeness (QED) is 0.845. The smallest absolute Gasteiger partial charge is 0.266 e. The van der Waals surface area contributed by atoms with Crippen molar-refractivity contribution in [1.82, 2.24) is 4.90 Å². The summed E-state index contributed by atoms with van der Waals surface area (Å²) in [4.78, 5) is 14.7. The maximum absolute atomic E-state index is 12.9. The zero-order valence-electron chi connectivity index (χ0n) is 13.1. The number of ether oxygens (including phenoxy) is 1. The van der Waals surface area contributed by atoms with Gasteiger partial charge in [0.05, 0.1) is 0 Å². The van der Waals surface area contributed by atoms with Gasteiger partial charge in [-0.2, -0.15) is 0 Å². The normalized spacial score (nSPS) is 19.4. The largest absolute Gasteiger partial charge is 0.478 e. The predicted molar refractivity (Wildman–Crippen MR) is 80.8 cm³/mol. The lowest BCUT2D eigenvalue weighted by Gasteiger charge is -2.40. The minimum absolute atomic E-state index is 0.0124. The van der Waals surface area contributed by atoms with Crippen LogP contribution in [0.4, 0.5) is 4.39 Å². The van der Waals surface area contributed by atoms with E-state index >= 15 is 0 Å². The van der Waals surface area contributed by atoms with E-state index in [1.54, 1.807) is 26.0 Å². The van der Waals surface area contributed by atoms with Gasteiger partial charge >= 0.3 is 0 Å². The zero-order valence-corrected chi connectivity index (χ0v) is 13.1.